The number of hydrogen-bond acceptors (Lipinski definition) is 10. The van der Waals surface area contributed by atoms with Crippen molar-refractivity contribution in [3.8, 4) is 22.9 Å². The summed E-state index contributed by atoms with van der Waals surface area (Å²) in [6.45, 7) is 1.30. The summed E-state index contributed by atoms with van der Waals surface area (Å²) in [7, 11) is 0.919. The second kappa shape index (κ2) is 9.78. The van der Waals surface area contributed by atoms with E-state index in [-0.39, 0.29) is 36.3 Å². The van der Waals surface area contributed by atoms with E-state index in [1.807, 2.05) is 0 Å². The summed E-state index contributed by atoms with van der Waals surface area (Å²) in [4.78, 5) is 20.1. The molecule has 0 saturated carbocycles. The van der Waals surface area contributed by atoms with Gasteiger partial charge in [-0.3, -0.25) is 4.79 Å². The first-order valence-electron chi connectivity index (χ1n) is 9.43. The van der Waals surface area contributed by atoms with Crippen LogP contribution in [0.1, 0.15) is 18.1 Å². The maximum absolute atomic E-state index is 12.2. The second-order valence-electron chi connectivity index (χ2n) is 6.63. The van der Waals surface area contributed by atoms with E-state index in [0.29, 0.717) is 22.9 Å². The second-order valence-corrected chi connectivity index (χ2v) is 8.34. The van der Waals surface area contributed by atoms with Crippen molar-refractivity contribution in [3.63, 3.8) is 0 Å². The molecule has 0 amide bonds. The average Bonchev–Trinajstić information content (AvgIpc) is 3.38. The third-order valence-electron chi connectivity index (χ3n) is 4.45. The molecule has 0 unspecified atom stereocenters. The fourth-order valence-corrected chi connectivity index (χ4v) is 3.71. The Kier molecular flexibility index (Phi) is 7.10. The van der Waals surface area contributed by atoms with Crippen LogP contribution in [0, 0.1) is 6.92 Å². The Balaban J connectivity index is 1.50. The topological polar surface area (TPSA) is 148 Å². The largest absolute Gasteiger partial charge is 0.493 e. The number of benzene rings is 1. The summed E-state index contributed by atoms with van der Waals surface area (Å²) in [5.74, 6) is 1.37. The first kappa shape index (κ1) is 23.2. The van der Waals surface area contributed by atoms with Gasteiger partial charge in [0, 0.05) is 25.4 Å². The van der Waals surface area contributed by atoms with Gasteiger partial charge >= 0.3 is 5.97 Å². The average molecular weight is 465 g/mol. The summed E-state index contributed by atoms with van der Waals surface area (Å²) in [6, 6.07) is 5.13. The molecule has 0 bridgehead atoms. The Morgan fingerprint density at radius 2 is 1.94 bits per heavy atom. The first-order valence-corrected chi connectivity index (χ1v) is 10.9. The molecule has 3 aromatic rings. The molecule has 0 saturated heterocycles. The molecule has 12 nitrogen and oxygen atoms in total. The third kappa shape index (κ3) is 5.42. The van der Waals surface area contributed by atoms with Gasteiger partial charge in [-0.05, 0) is 25.1 Å². The lowest BCUT2D eigenvalue weighted by molar-refractivity contribution is -0.145. The minimum absolute atomic E-state index is 0.0904. The lowest BCUT2D eigenvalue weighted by atomic mass is 10.2. The highest BCUT2D eigenvalue weighted by Gasteiger charge is 2.19. The van der Waals surface area contributed by atoms with Crippen LogP contribution in [0.15, 0.2) is 33.9 Å². The van der Waals surface area contributed by atoms with E-state index in [0.717, 1.165) is 0 Å². The van der Waals surface area contributed by atoms with Gasteiger partial charge in [-0.1, -0.05) is 5.16 Å². The normalized spacial score (nSPS) is 11.4. The number of carbonyl (C=O) groups is 1. The van der Waals surface area contributed by atoms with Crippen LogP contribution in [0.2, 0.25) is 0 Å². The van der Waals surface area contributed by atoms with Crippen molar-refractivity contribution in [1.82, 2.24) is 24.4 Å². The molecule has 0 aliphatic rings. The van der Waals surface area contributed by atoms with Crippen LogP contribution >= 0.6 is 0 Å². The van der Waals surface area contributed by atoms with Gasteiger partial charge in [-0.2, -0.15) is 4.98 Å². The third-order valence-corrected chi connectivity index (χ3v) is 5.78. The van der Waals surface area contributed by atoms with Crippen molar-refractivity contribution in [2.24, 2.45) is 7.05 Å². The van der Waals surface area contributed by atoms with Crippen molar-refractivity contribution >= 4 is 16.0 Å². The van der Waals surface area contributed by atoms with Crippen molar-refractivity contribution in [1.29, 1.82) is 0 Å². The van der Waals surface area contributed by atoms with E-state index >= 15 is 0 Å². The lowest BCUT2D eigenvalue weighted by Crippen LogP contribution is -2.27. The summed E-state index contributed by atoms with van der Waals surface area (Å²) >= 11 is 0. The Morgan fingerprint density at radius 1 is 1.19 bits per heavy atom. The van der Waals surface area contributed by atoms with Crippen LogP contribution in [0.4, 0.5) is 0 Å². The minimum atomic E-state index is -3.81. The first-order chi connectivity index (χ1) is 15.2. The number of ether oxygens (including phenoxy) is 3. The fraction of sp³-hybridized carbons (Fsp3) is 0.368. The van der Waals surface area contributed by atoms with E-state index in [1.165, 1.54) is 20.4 Å². The standard InChI is InChI=1S/C19H23N5O7S/c1-12-21-17(10-24(12)2)32(26,27)20-8-7-18(25)30-11-16-22-19(23-31-16)13-5-6-14(28-3)15(9-13)29-4/h5-6,9-10,20H,7-8,11H2,1-4H3. The van der Waals surface area contributed by atoms with Crippen LogP contribution in [0.3, 0.4) is 0 Å². The zero-order valence-corrected chi connectivity index (χ0v) is 18.8. The quantitative estimate of drug-likeness (QED) is 0.433. The molecule has 0 aliphatic carbocycles. The highest BCUT2D eigenvalue weighted by molar-refractivity contribution is 7.89. The molecule has 3 rings (SSSR count). The number of hydrogen-bond donors (Lipinski definition) is 1. The number of sulfonamides is 1. The van der Waals surface area contributed by atoms with Crippen LogP contribution in [-0.2, 0) is 33.2 Å². The predicted octanol–water partition coefficient (Wildman–Crippen LogP) is 1.21. The number of rotatable bonds is 10. The predicted molar refractivity (Wildman–Crippen MR) is 110 cm³/mol. The number of esters is 1. The number of aryl methyl sites for hydroxylation is 2. The fourth-order valence-electron chi connectivity index (χ4n) is 2.64. The highest BCUT2D eigenvalue weighted by atomic mass is 32.2. The summed E-state index contributed by atoms with van der Waals surface area (Å²) in [5, 5.41) is 3.75. The van der Waals surface area contributed by atoms with Gasteiger partial charge in [0.25, 0.3) is 15.9 Å². The van der Waals surface area contributed by atoms with Crippen LogP contribution < -0.4 is 14.2 Å². The molecule has 172 valence electrons. The van der Waals surface area contributed by atoms with E-state index in [2.05, 4.69) is 19.8 Å². The van der Waals surface area contributed by atoms with Crippen molar-refractivity contribution in [3.05, 3.63) is 36.1 Å². The summed E-state index contributed by atoms with van der Waals surface area (Å²) in [5.41, 5.74) is 0.628. The van der Waals surface area contributed by atoms with Gasteiger partial charge in [0.2, 0.25) is 5.82 Å². The Morgan fingerprint density at radius 3 is 2.59 bits per heavy atom. The maximum atomic E-state index is 12.2. The zero-order chi connectivity index (χ0) is 23.3. The molecule has 13 heteroatoms. The molecule has 0 aliphatic heterocycles. The van der Waals surface area contributed by atoms with Gasteiger partial charge < -0.3 is 23.3 Å². The molecule has 1 N–H and O–H groups in total. The molecule has 0 fully saturated rings. The van der Waals surface area contributed by atoms with Gasteiger partial charge in [0.1, 0.15) is 5.82 Å². The molecule has 0 atom stereocenters. The molecule has 2 heterocycles. The summed E-state index contributed by atoms with van der Waals surface area (Å²) < 4.78 is 48.9. The van der Waals surface area contributed by atoms with Crippen molar-refractivity contribution in [2.75, 3.05) is 20.8 Å². The number of nitrogens with one attached hydrogen (secondary N) is 1. The molecular formula is C19H23N5O7S. The SMILES string of the molecule is COc1ccc(-c2noc(COC(=O)CCNS(=O)(=O)c3cn(C)c(C)n3)n2)cc1OC. The summed E-state index contributed by atoms with van der Waals surface area (Å²) in [6.07, 6.45) is 1.21. The number of nitrogens with zero attached hydrogens (tertiary/aromatic N) is 4. The van der Waals surface area contributed by atoms with Crippen LogP contribution in [0.5, 0.6) is 11.5 Å². The van der Waals surface area contributed by atoms with Crippen LogP contribution in [-0.4, -0.2) is 54.8 Å². The Hall–Kier alpha value is -3.45. The van der Waals surface area contributed by atoms with E-state index in [1.54, 1.807) is 36.7 Å². The lowest BCUT2D eigenvalue weighted by Gasteiger charge is -2.07. The van der Waals surface area contributed by atoms with E-state index in [4.69, 9.17) is 18.7 Å². The minimum Gasteiger partial charge on any atom is -0.493 e. The Labute approximate surface area is 184 Å². The zero-order valence-electron chi connectivity index (χ0n) is 18.0. The molecule has 0 radical (unpaired) electrons. The van der Waals surface area contributed by atoms with Crippen molar-refractivity contribution < 1.29 is 31.9 Å². The smallest absolute Gasteiger partial charge is 0.307 e. The number of methoxy groups -OCH3 is 2. The van der Waals surface area contributed by atoms with Gasteiger partial charge in [0.15, 0.2) is 23.1 Å². The monoisotopic (exact) mass is 465 g/mol. The molecule has 0 spiro atoms. The molecule has 1 aromatic carbocycles. The number of imidazole rings is 1. The molecule has 2 aromatic heterocycles. The van der Waals surface area contributed by atoms with E-state index < -0.39 is 16.0 Å². The van der Waals surface area contributed by atoms with Crippen molar-refractivity contribution in [2.45, 2.75) is 25.0 Å². The van der Waals surface area contributed by atoms with Crippen LogP contribution in [0.25, 0.3) is 11.4 Å². The molecule has 32 heavy (non-hydrogen) atoms. The van der Waals surface area contributed by atoms with Gasteiger partial charge in [-0.25, -0.2) is 18.1 Å². The Bertz CT molecular complexity index is 1180. The molecular weight excluding hydrogens is 442 g/mol. The van der Waals surface area contributed by atoms with Gasteiger partial charge in [0.05, 0.1) is 20.6 Å². The van der Waals surface area contributed by atoms with Gasteiger partial charge in [-0.15, -0.1) is 0 Å². The number of aromatic nitrogens is 4. The maximum Gasteiger partial charge on any atom is 0.307 e. The highest BCUT2D eigenvalue weighted by Crippen LogP contribution is 2.31. The van der Waals surface area contributed by atoms with E-state index in [9.17, 15) is 13.2 Å². The number of carbonyl (C=O) groups excluding carboxylic acids is 1.